The second kappa shape index (κ2) is 5.28. The Morgan fingerprint density at radius 2 is 1.95 bits per heavy atom. The molecule has 0 bridgehead atoms. The van der Waals surface area contributed by atoms with E-state index in [1.165, 1.54) is 0 Å². The quantitative estimate of drug-likeness (QED) is 0.664. The maximum Gasteiger partial charge on any atom is 0.355 e. The molecule has 1 heterocycles. The van der Waals surface area contributed by atoms with Gasteiger partial charge in [0.25, 0.3) is 0 Å². The van der Waals surface area contributed by atoms with Gasteiger partial charge in [-0.3, -0.25) is 0 Å². The van der Waals surface area contributed by atoms with Crippen LogP contribution in [0.2, 0.25) is 0 Å². The molecule has 0 atom stereocenters. The molecule has 0 fully saturated rings. The van der Waals surface area contributed by atoms with Crippen LogP contribution in [0.4, 0.5) is 11.5 Å². The van der Waals surface area contributed by atoms with Crippen molar-refractivity contribution >= 4 is 17.5 Å². The molecule has 106 valence electrons. The molecule has 5 nitrogen and oxygen atoms in total. The molecule has 4 N–H and O–H groups in total. The van der Waals surface area contributed by atoms with Gasteiger partial charge in [-0.25, -0.2) is 4.79 Å². The summed E-state index contributed by atoms with van der Waals surface area (Å²) in [6.45, 7) is 3.96. The Hall–Kier alpha value is -2.43. The minimum atomic E-state index is -0.395. The summed E-state index contributed by atoms with van der Waals surface area (Å²) in [5, 5.41) is 0. The van der Waals surface area contributed by atoms with Crippen LogP contribution >= 0.6 is 0 Å². The van der Waals surface area contributed by atoms with Crippen molar-refractivity contribution in [2.24, 2.45) is 7.05 Å². The van der Waals surface area contributed by atoms with Crippen molar-refractivity contribution in [3.63, 3.8) is 0 Å². The first-order valence-electron chi connectivity index (χ1n) is 6.45. The van der Waals surface area contributed by atoms with Crippen LogP contribution in [0.5, 0.6) is 0 Å². The maximum atomic E-state index is 12.2. The molecule has 0 spiro atoms. The Balaban J connectivity index is 2.73. The molecule has 5 heteroatoms. The average Bonchev–Trinajstić information content (AvgIpc) is 2.64. The van der Waals surface area contributed by atoms with E-state index < -0.39 is 5.97 Å². The van der Waals surface area contributed by atoms with E-state index in [-0.39, 0.29) is 0 Å². The van der Waals surface area contributed by atoms with Gasteiger partial charge >= 0.3 is 5.97 Å². The Kier molecular flexibility index (Phi) is 3.70. The van der Waals surface area contributed by atoms with Gasteiger partial charge in [0.2, 0.25) is 0 Å². The van der Waals surface area contributed by atoms with Gasteiger partial charge in [-0.2, -0.15) is 0 Å². The fourth-order valence-electron chi connectivity index (χ4n) is 2.34. The van der Waals surface area contributed by atoms with Gasteiger partial charge in [-0.1, -0.05) is 18.2 Å². The number of para-hydroxylation sites is 1. The highest BCUT2D eigenvalue weighted by Gasteiger charge is 2.25. The van der Waals surface area contributed by atoms with Crippen molar-refractivity contribution in [3.8, 4) is 11.1 Å². The van der Waals surface area contributed by atoms with Gasteiger partial charge in [0.15, 0.2) is 0 Å². The van der Waals surface area contributed by atoms with E-state index in [2.05, 4.69) is 0 Å². The number of ether oxygens (including phenoxy) is 1. The van der Waals surface area contributed by atoms with Crippen LogP contribution in [0, 0.1) is 6.92 Å². The van der Waals surface area contributed by atoms with Crippen LogP contribution < -0.4 is 11.5 Å². The molecule has 1 aromatic carbocycles. The highest BCUT2D eigenvalue weighted by molar-refractivity contribution is 6.00. The Labute approximate surface area is 118 Å². The van der Waals surface area contributed by atoms with Gasteiger partial charge in [0.05, 0.1) is 6.61 Å². The third-order valence-electron chi connectivity index (χ3n) is 3.39. The van der Waals surface area contributed by atoms with Crippen molar-refractivity contribution in [2.45, 2.75) is 13.8 Å². The standard InChI is InChI=1S/C15H19N3O2/c1-4-20-15(19)13-12(9(2)14(17)18(13)3)10-7-5-6-8-11(10)16/h5-8H,4,16-17H2,1-3H3. The lowest BCUT2D eigenvalue weighted by atomic mass is 10.00. The van der Waals surface area contributed by atoms with E-state index in [1.807, 2.05) is 25.1 Å². The zero-order valence-corrected chi connectivity index (χ0v) is 11.9. The van der Waals surface area contributed by atoms with Gasteiger partial charge in [-0.15, -0.1) is 0 Å². The topological polar surface area (TPSA) is 83.3 Å². The van der Waals surface area contributed by atoms with Gasteiger partial charge in [0, 0.05) is 23.9 Å². The first kappa shape index (κ1) is 14.0. The van der Waals surface area contributed by atoms with E-state index in [0.717, 1.165) is 16.7 Å². The molecule has 0 aliphatic carbocycles. The van der Waals surface area contributed by atoms with E-state index in [0.29, 0.717) is 23.8 Å². The second-order valence-corrected chi connectivity index (χ2v) is 4.60. The monoisotopic (exact) mass is 273 g/mol. The first-order valence-corrected chi connectivity index (χ1v) is 6.45. The Bertz CT molecular complexity index is 659. The van der Waals surface area contributed by atoms with Crippen LogP contribution in [0.15, 0.2) is 24.3 Å². The second-order valence-electron chi connectivity index (χ2n) is 4.60. The third-order valence-corrected chi connectivity index (χ3v) is 3.39. The number of esters is 1. The first-order chi connectivity index (χ1) is 9.49. The lowest BCUT2D eigenvalue weighted by molar-refractivity contribution is 0.0516. The summed E-state index contributed by atoms with van der Waals surface area (Å²) < 4.78 is 6.77. The van der Waals surface area contributed by atoms with Crippen molar-refractivity contribution in [3.05, 3.63) is 35.5 Å². The van der Waals surface area contributed by atoms with Crippen LogP contribution in [-0.4, -0.2) is 17.1 Å². The van der Waals surface area contributed by atoms with Crippen molar-refractivity contribution in [1.29, 1.82) is 0 Å². The third kappa shape index (κ3) is 2.11. The molecule has 0 unspecified atom stereocenters. The van der Waals surface area contributed by atoms with Crippen molar-refractivity contribution < 1.29 is 9.53 Å². The van der Waals surface area contributed by atoms with Gasteiger partial charge < -0.3 is 20.8 Å². The number of benzene rings is 1. The summed E-state index contributed by atoms with van der Waals surface area (Å²) in [4.78, 5) is 12.2. The molecule has 2 rings (SSSR count). The molecular formula is C15H19N3O2. The molecule has 0 saturated carbocycles. The minimum absolute atomic E-state index is 0.312. The Morgan fingerprint density at radius 3 is 2.55 bits per heavy atom. The van der Waals surface area contributed by atoms with Crippen molar-refractivity contribution in [1.82, 2.24) is 4.57 Å². The minimum Gasteiger partial charge on any atom is -0.461 e. The van der Waals surface area contributed by atoms with E-state index in [1.54, 1.807) is 24.6 Å². The summed E-state index contributed by atoms with van der Waals surface area (Å²) >= 11 is 0. The molecule has 0 amide bonds. The fraction of sp³-hybridized carbons (Fsp3) is 0.267. The molecular weight excluding hydrogens is 254 g/mol. The zero-order valence-electron chi connectivity index (χ0n) is 11.9. The number of nitrogen functional groups attached to an aromatic ring is 2. The highest BCUT2D eigenvalue weighted by atomic mass is 16.5. The number of carbonyl (C=O) groups excluding carboxylic acids is 1. The SMILES string of the molecule is CCOC(=O)c1c(-c2ccccc2N)c(C)c(N)n1C. The number of anilines is 2. The van der Waals surface area contributed by atoms with Gasteiger partial charge in [-0.05, 0) is 25.5 Å². The zero-order chi connectivity index (χ0) is 14.9. The number of carbonyl (C=O) groups is 1. The molecule has 1 aromatic heterocycles. The molecule has 0 aliphatic rings. The smallest absolute Gasteiger partial charge is 0.355 e. The summed E-state index contributed by atoms with van der Waals surface area (Å²) in [5.74, 6) is 0.138. The number of hydrogen-bond acceptors (Lipinski definition) is 4. The number of hydrogen-bond donors (Lipinski definition) is 2. The predicted molar refractivity (Wildman–Crippen MR) is 80.4 cm³/mol. The van der Waals surface area contributed by atoms with Crippen LogP contribution in [-0.2, 0) is 11.8 Å². The van der Waals surface area contributed by atoms with Crippen molar-refractivity contribution in [2.75, 3.05) is 18.1 Å². The number of aromatic nitrogens is 1. The molecule has 20 heavy (non-hydrogen) atoms. The van der Waals surface area contributed by atoms with E-state index in [4.69, 9.17) is 16.2 Å². The average molecular weight is 273 g/mol. The molecule has 2 aromatic rings. The number of nitrogens with zero attached hydrogens (tertiary/aromatic N) is 1. The van der Waals surface area contributed by atoms with E-state index >= 15 is 0 Å². The molecule has 0 radical (unpaired) electrons. The normalized spacial score (nSPS) is 10.6. The van der Waals surface area contributed by atoms with E-state index in [9.17, 15) is 4.79 Å². The van der Waals surface area contributed by atoms with Gasteiger partial charge in [0.1, 0.15) is 11.5 Å². The number of rotatable bonds is 3. The summed E-state index contributed by atoms with van der Waals surface area (Å²) in [5.41, 5.74) is 15.5. The lowest BCUT2D eigenvalue weighted by Crippen LogP contribution is -2.12. The van der Waals surface area contributed by atoms with Crippen LogP contribution in [0.3, 0.4) is 0 Å². The maximum absolute atomic E-state index is 12.2. The molecule has 0 saturated heterocycles. The lowest BCUT2D eigenvalue weighted by Gasteiger charge is -2.09. The summed E-state index contributed by atoms with van der Waals surface area (Å²) in [6, 6.07) is 7.40. The van der Waals surface area contributed by atoms with Crippen LogP contribution in [0.1, 0.15) is 23.0 Å². The molecule has 0 aliphatic heterocycles. The largest absolute Gasteiger partial charge is 0.461 e. The predicted octanol–water partition coefficient (Wildman–Crippen LogP) is 2.34. The van der Waals surface area contributed by atoms with Crippen LogP contribution in [0.25, 0.3) is 11.1 Å². The summed E-state index contributed by atoms with van der Waals surface area (Å²) in [6.07, 6.45) is 0. The fourth-order valence-corrected chi connectivity index (χ4v) is 2.34. The summed E-state index contributed by atoms with van der Waals surface area (Å²) in [7, 11) is 1.75. The Morgan fingerprint density at radius 1 is 1.30 bits per heavy atom. The highest BCUT2D eigenvalue weighted by Crippen LogP contribution is 2.36. The number of nitrogens with two attached hydrogens (primary N) is 2.